The number of methoxy groups -OCH3 is 1. The summed E-state index contributed by atoms with van der Waals surface area (Å²) in [5.74, 6) is -5.91. The molecule has 1 fully saturated rings. The van der Waals surface area contributed by atoms with Gasteiger partial charge >= 0.3 is 11.9 Å². The molecule has 0 aromatic heterocycles. The lowest BCUT2D eigenvalue weighted by atomic mass is 9.91. The van der Waals surface area contributed by atoms with Crippen LogP contribution in [0.3, 0.4) is 0 Å². The fourth-order valence-corrected chi connectivity index (χ4v) is 4.74. The minimum absolute atomic E-state index is 0.0239. The maximum Gasteiger partial charge on any atom is 0.379 e. The third kappa shape index (κ3) is 9.35. The number of alkyl halides is 2. The van der Waals surface area contributed by atoms with Gasteiger partial charge in [0.1, 0.15) is 18.3 Å². The molecule has 0 unspecified atom stereocenters. The summed E-state index contributed by atoms with van der Waals surface area (Å²) >= 11 is 0. The van der Waals surface area contributed by atoms with Crippen molar-refractivity contribution in [3.8, 4) is 0 Å². The minimum atomic E-state index is -4.15. The Balaban J connectivity index is 1.68. The second-order valence-corrected chi connectivity index (χ2v) is 10.0. The van der Waals surface area contributed by atoms with Gasteiger partial charge in [-0.3, -0.25) is 0 Å². The molecule has 1 aliphatic heterocycles. The van der Waals surface area contributed by atoms with Gasteiger partial charge in [0.25, 0.3) is 0 Å². The lowest BCUT2D eigenvalue weighted by Crippen LogP contribution is -2.66. The van der Waals surface area contributed by atoms with E-state index in [0.717, 1.165) is 16.7 Å². The monoisotopic (exact) mass is 616 g/mol. The Hall–Kier alpha value is -3.29. The Morgan fingerprint density at radius 2 is 1.30 bits per heavy atom. The van der Waals surface area contributed by atoms with Crippen molar-refractivity contribution in [2.45, 2.75) is 63.2 Å². The number of rotatable bonds is 17. The highest BCUT2D eigenvalue weighted by molar-refractivity contribution is 5.78. The first kappa shape index (κ1) is 33.6. The van der Waals surface area contributed by atoms with Crippen molar-refractivity contribution in [2.24, 2.45) is 0 Å². The van der Waals surface area contributed by atoms with Crippen LogP contribution in [0.1, 0.15) is 23.6 Å². The minimum Gasteiger partial charge on any atom is -0.461 e. The highest BCUT2D eigenvalue weighted by Crippen LogP contribution is 2.38. The molecule has 0 amide bonds. The molecule has 3 aromatic rings. The molecule has 9 nitrogen and oxygen atoms in total. The summed E-state index contributed by atoms with van der Waals surface area (Å²) in [6.45, 7) is 0.977. The molecule has 44 heavy (non-hydrogen) atoms. The molecule has 238 valence electrons. The van der Waals surface area contributed by atoms with Crippen molar-refractivity contribution in [2.75, 3.05) is 27.1 Å². The third-order valence-corrected chi connectivity index (χ3v) is 6.85. The van der Waals surface area contributed by atoms with E-state index in [1.807, 2.05) is 91.0 Å². The summed E-state index contributed by atoms with van der Waals surface area (Å²) in [7, 11) is 1.35. The SMILES string of the molecule is CCOC(=O)C(F)(F)[C@H]1O[C@H](COCc2ccccc2)[C@@H](OCc2ccccc2)[C@H](OCc2ccccc2)[C@H]1OOCOC. The van der Waals surface area contributed by atoms with E-state index in [1.54, 1.807) is 0 Å². The molecule has 0 radical (unpaired) electrons. The van der Waals surface area contributed by atoms with Gasteiger partial charge in [-0.2, -0.15) is 8.78 Å². The topological polar surface area (TPSA) is 90.9 Å². The number of carbonyl (C=O) groups is 1. The summed E-state index contributed by atoms with van der Waals surface area (Å²) in [6, 6.07) is 27.9. The van der Waals surface area contributed by atoms with Crippen LogP contribution >= 0.6 is 0 Å². The molecule has 1 aliphatic rings. The molecule has 0 aliphatic carbocycles. The molecular weight excluding hydrogens is 578 g/mol. The van der Waals surface area contributed by atoms with Crippen molar-refractivity contribution >= 4 is 5.97 Å². The second-order valence-electron chi connectivity index (χ2n) is 10.0. The largest absolute Gasteiger partial charge is 0.461 e. The van der Waals surface area contributed by atoms with Crippen molar-refractivity contribution < 1.29 is 51.8 Å². The number of hydrogen-bond donors (Lipinski definition) is 0. The van der Waals surface area contributed by atoms with Crippen molar-refractivity contribution in [1.29, 1.82) is 0 Å². The molecule has 4 rings (SSSR count). The van der Waals surface area contributed by atoms with Crippen LogP contribution < -0.4 is 0 Å². The molecule has 11 heteroatoms. The molecule has 3 aromatic carbocycles. The molecule has 1 saturated heterocycles. The summed E-state index contributed by atoms with van der Waals surface area (Å²) in [5, 5.41) is 0. The molecule has 0 N–H and O–H groups in total. The maximum absolute atomic E-state index is 15.8. The van der Waals surface area contributed by atoms with Crippen LogP contribution in [0, 0.1) is 0 Å². The predicted octanol–water partition coefficient (Wildman–Crippen LogP) is 5.26. The normalized spacial score (nSPS) is 22.0. The van der Waals surface area contributed by atoms with Crippen molar-refractivity contribution in [3.63, 3.8) is 0 Å². The maximum atomic E-state index is 15.8. The van der Waals surface area contributed by atoms with Crippen LogP contribution in [0.25, 0.3) is 0 Å². The Kier molecular flexibility index (Phi) is 13.2. The van der Waals surface area contributed by atoms with Crippen LogP contribution in [0.4, 0.5) is 8.78 Å². The quantitative estimate of drug-likeness (QED) is 0.0662. The van der Waals surface area contributed by atoms with Crippen molar-refractivity contribution in [1.82, 2.24) is 0 Å². The van der Waals surface area contributed by atoms with Gasteiger partial charge in [0, 0.05) is 7.11 Å². The van der Waals surface area contributed by atoms with E-state index in [9.17, 15) is 4.79 Å². The van der Waals surface area contributed by atoms with Crippen LogP contribution in [0.2, 0.25) is 0 Å². The number of hydrogen-bond acceptors (Lipinski definition) is 9. The highest BCUT2D eigenvalue weighted by atomic mass is 19.3. The zero-order valence-corrected chi connectivity index (χ0v) is 24.7. The lowest BCUT2D eigenvalue weighted by molar-refractivity contribution is -0.416. The average molecular weight is 617 g/mol. The summed E-state index contributed by atoms with van der Waals surface area (Å²) < 4.78 is 65.8. The lowest BCUT2D eigenvalue weighted by Gasteiger charge is -2.46. The van der Waals surface area contributed by atoms with E-state index in [0.29, 0.717) is 0 Å². The van der Waals surface area contributed by atoms with E-state index in [2.05, 4.69) is 0 Å². The summed E-state index contributed by atoms with van der Waals surface area (Å²) in [4.78, 5) is 23.1. The van der Waals surface area contributed by atoms with Gasteiger partial charge in [-0.1, -0.05) is 91.0 Å². The second kappa shape index (κ2) is 17.3. The number of ether oxygens (including phenoxy) is 6. The molecule has 0 spiro atoms. The van der Waals surface area contributed by atoms with Gasteiger partial charge in [0.15, 0.2) is 19.0 Å². The highest BCUT2D eigenvalue weighted by Gasteiger charge is 2.62. The Bertz CT molecular complexity index is 1230. The van der Waals surface area contributed by atoms with E-state index >= 15 is 8.78 Å². The fraction of sp³-hybridized carbons (Fsp3) is 0.424. The van der Waals surface area contributed by atoms with Crippen molar-refractivity contribution in [3.05, 3.63) is 108 Å². The standard InChI is InChI=1S/C33H38F2O9/c1-3-39-32(36)33(34,35)31-30(44-42-23-37-2)29(41-21-26-17-11-6-12-18-26)28(40-20-25-15-9-5-10-16-25)27(43-31)22-38-19-24-13-7-4-8-14-24/h4-18,27-31H,3,19-23H2,1-2H3/t27-,28-,29+,30-,31+/m1/s1. The van der Waals surface area contributed by atoms with E-state index in [4.69, 9.17) is 38.2 Å². The van der Waals surface area contributed by atoms with Gasteiger partial charge < -0.3 is 28.4 Å². The van der Waals surface area contributed by atoms with Crippen LogP contribution in [0.15, 0.2) is 91.0 Å². The van der Waals surface area contributed by atoms with E-state index in [1.165, 1.54) is 14.0 Å². The van der Waals surface area contributed by atoms with Gasteiger partial charge in [0.05, 0.1) is 33.0 Å². The van der Waals surface area contributed by atoms with Gasteiger partial charge in [-0.25, -0.2) is 14.6 Å². The zero-order chi connectivity index (χ0) is 31.2. The fourth-order valence-electron chi connectivity index (χ4n) is 4.74. The van der Waals surface area contributed by atoms with E-state index < -0.39 is 42.4 Å². The number of benzene rings is 3. The molecular formula is C33H38F2O9. The first-order valence-corrected chi connectivity index (χ1v) is 14.3. The van der Waals surface area contributed by atoms with Crippen LogP contribution in [0.5, 0.6) is 0 Å². The molecule has 5 atom stereocenters. The van der Waals surface area contributed by atoms with Crippen LogP contribution in [-0.4, -0.2) is 69.5 Å². The first-order valence-electron chi connectivity index (χ1n) is 14.3. The first-order chi connectivity index (χ1) is 21.4. The van der Waals surface area contributed by atoms with Gasteiger partial charge in [0.2, 0.25) is 0 Å². The Labute approximate surface area is 255 Å². The zero-order valence-electron chi connectivity index (χ0n) is 24.7. The predicted molar refractivity (Wildman–Crippen MR) is 154 cm³/mol. The molecule has 1 heterocycles. The van der Waals surface area contributed by atoms with Crippen LogP contribution in [-0.2, 0) is 62.8 Å². The Morgan fingerprint density at radius 1 is 0.773 bits per heavy atom. The Morgan fingerprint density at radius 3 is 1.82 bits per heavy atom. The smallest absolute Gasteiger partial charge is 0.379 e. The molecule has 0 bridgehead atoms. The van der Waals surface area contributed by atoms with Gasteiger partial charge in [-0.05, 0) is 23.6 Å². The average Bonchev–Trinajstić information content (AvgIpc) is 3.05. The number of carbonyl (C=O) groups excluding carboxylic acids is 1. The number of esters is 1. The van der Waals surface area contributed by atoms with Gasteiger partial charge in [-0.15, -0.1) is 0 Å². The summed E-state index contributed by atoms with van der Waals surface area (Å²) in [5.41, 5.74) is 2.50. The summed E-state index contributed by atoms with van der Waals surface area (Å²) in [6.07, 6.45) is -7.11. The van der Waals surface area contributed by atoms with E-state index in [-0.39, 0.29) is 39.8 Å². The number of halogens is 2. The third-order valence-electron chi connectivity index (χ3n) is 6.85. The molecule has 0 saturated carbocycles.